The van der Waals surface area contributed by atoms with Gasteiger partial charge in [-0.1, -0.05) is 37.3 Å². The number of H-pyrrole nitrogens is 1. The SMILES string of the molecule is CC(=S)NCCCCCCNc1nc(=S)c2ncn(C(C)O[C@H](CO)[C@H](O)CO)c2[nH]1. The number of thiocarbonyl (C=S) groups is 1. The third kappa shape index (κ3) is 7.74. The van der Waals surface area contributed by atoms with E-state index >= 15 is 0 Å². The summed E-state index contributed by atoms with van der Waals surface area (Å²) in [6.07, 6.45) is 3.15. The molecule has 0 aromatic carbocycles. The Hall–Kier alpha value is -1.70. The van der Waals surface area contributed by atoms with E-state index < -0.39 is 31.6 Å². The summed E-state index contributed by atoms with van der Waals surface area (Å²) >= 11 is 10.4. The Morgan fingerprint density at radius 1 is 1.23 bits per heavy atom. The number of aromatic nitrogens is 4. The number of aliphatic hydroxyl groups is 3. The van der Waals surface area contributed by atoms with Crippen LogP contribution in [0.1, 0.15) is 45.8 Å². The van der Waals surface area contributed by atoms with Gasteiger partial charge in [-0.3, -0.25) is 4.57 Å². The molecule has 6 N–H and O–H groups in total. The number of hydrogen-bond acceptors (Lipinski definition) is 9. The molecule has 0 amide bonds. The van der Waals surface area contributed by atoms with Crippen LogP contribution in [0.3, 0.4) is 0 Å². The zero-order chi connectivity index (χ0) is 22.8. The third-order valence-electron chi connectivity index (χ3n) is 4.78. The maximum atomic E-state index is 9.76. The van der Waals surface area contributed by atoms with Crippen molar-refractivity contribution >= 4 is 46.5 Å². The van der Waals surface area contributed by atoms with E-state index in [-0.39, 0.29) is 0 Å². The van der Waals surface area contributed by atoms with Crippen molar-refractivity contribution in [3.05, 3.63) is 11.0 Å². The number of ether oxygens (including phenoxy) is 1. The fourth-order valence-electron chi connectivity index (χ4n) is 3.06. The van der Waals surface area contributed by atoms with Gasteiger partial charge in [0, 0.05) is 13.1 Å². The molecule has 2 aromatic heterocycles. The fraction of sp³-hybridized carbons (Fsp3) is 0.684. The molecule has 12 heteroatoms. The molecule has 2 aromatic rings. The summed E-state index contributed by atoms with van der Waals surface area (Å²) in [6, 6.07) is 0. The van der Waals surface area contributed by atoms with E-state index in [0.29, 0.717) is 21.8 Å². The minimum Gasteiger partial charge on any atom is -0.394 e. The highest BCUT2D eigenvalue weighted by Crippen LogP contribution is 2.20. The average molecular weight is 473 g/mol. The lowest BCUT2D eigenvalue weighted by Crippen LogP contribution is -2.36. The van der Waals surface area contributed by atoms with Gasteiger partial charge in [0.05, 0.1) is 24.5 Å². The number of aliphatic hydroxyl groups excluding tert-OH is 3. The van der Waals surface area contributed by atoms with Crippen molar-refractivity contribution in [1.82, 2.24) is 24.8 Å². The van der Waals surface area contributed by atoms with E-state index in [1.807, 2.05) is 6.92 Å². The molecule has 10 nitrogen and oxygen atoms in total. The van der Waals surface area contributed by atoms with Crippen LogP contribution in [-0.2, 0) is 4.74 Å². The second-order valence-electron chi connectivity index (χ2n) is 7.27. The summed E-state index contributed by atoms with van der Waals surface area (Å²) in [7, 11) is 0. The summed E-state index contributed by atoms with van der Waals surface area (Å²) in [5, 5.41) is 34.7. The van der Waals surface area contributed by atoms with E-state index in [2.05, 4.69) is 25.6 Å². The molecule has 0 aliphatic rings. The van der Waals surface area contributed by atoms with Gasteiger partial charge in [0.2, 0.25) is 5.95 Å². The molecule has 1 unspecified atom stereocenters. The largest absolute Gasteiger partial charge is 0.394 e. The van der Waals surface area contributed by atoms with Gasteiger partial charge in [0.1, 0.15) is 29.6 Å². The highest BCUT2D eigenvalue weighted by Gasteiger charge is 2.23. The second-order valence-corrected chi connectivity index (χ2v) is 8.27. The molecule has 0 spiro atoms. The van der Waals surface area contributed by atoms with Crippen molar-refractivity contribution < 1.29 is 20.1 Å². The second kappa shape index (κ2) is 13.0. The Balaban J connectivity index is 1.96. The van der Waals surface area contributed by atoms with Gasteiger partial charge in [-0.2, -0.15) is 0 Å². The zero-order valence-corrected chi connectivity index (χ0v) is 19.5. The normalized spacial score (nSPS) is 14.4. The molecule has 2 rings (SSSR count). The first-order chi connectivity index (χ1) is 14.9. The monoisotopic (exact) mass is 472 g/mol. The minimum absolute atomic E-state index is 0.359. The van der Waals surface area contributed by atoms with Crippen LogP contribution >= 0.6 is 24.4 Å². The maximum Gasteiger partial charge on any atom is 0.203 e. The Kier molecular flexibility index (Phi) is 10.7. The molecule has 0 aliphatic carbocycles. The molecule has 0 saturated heterocycles. The van der Waals surface area contributed by atoms with Crippen LogP contribution in [0.25, 0.3) is 11.2 Å². The van der Waals surface area contributed by atoms with E-state index in [1.165, 1.54) is 0 Å². The topological polar surface area (TPSA) is 140 Å². The fourth-order valence-corrected chi connectivity index (χ4v) is 3.40. The van der Waals surface area contributed by atoms with Gasteiger partial charge < -0.3 is 35.7 Å². The molecule has 31 heavy (non-hydrogen) atoms. The van der Waals surface area contributed by atoms with E-state index in [1.54, 1.807) is 17.8 Å². The van der Waals surface area contributed by atoms with Gasteiger partial charge in [-0.15, -0.1) is 0 Å². The van der Waals surface area contributed by atoms with Crippen molar-refractivity contribution in [3.63, 3.8) is 0 Å². The first-order valence-corrected chi connectivity index (χ1v) is 11.2. The molecular formula is C19H32N6O4S2. The highest BCUT2D eigenvalue weighted by atomic mass is 32.1. The number of aromatic amines is 1. The van der Waals surface area contributed by atoms with E-state index in [4.69, 9.17) is 34.3 Å². The number of unbranched alkanes of at least 4 members (excludes halogenated alkanes) is 3. The molecular weight excluding hydrogens is 440 g/mol. The lowest BCUT2D eigenvalue weighted by Gasteiger charge is -2.25. The highest BCUT2D eigenvalue weighted by molar-refractivity contribution is 7.80. The Bertz CT molecular complexity index is 890. The van der Waals surface area contributed by atoms with Crippen LogP contribution in [0.2, 0.25) is 0 Å². The van der Waals surface area contributed by atoms with Crippen molar-refractivity contribution in [3.8, 4) is 0 Å². The zero-order valence-electron chi connectivity index (χ0n) is 17.9. The Labute approximate surface area is 192 Å². The third-order valence-corrected chi connectivity index (χ3v) is 5.21. The Morgan fingerprint density at radius 2 is 1.94 bits per heavy atom. The number of nitrogens with one attached hydrogen (secondary N) is 3. The van der Waals surface area contributed by atoms with Crippen molar-refractivity contribution in [1.29, 1.82) is 0 Å². The number of fused-ring (bicyclic) bond motifs is 1. The maximum absolute atomic E-state index is 9.76. The predicted octanol–water partition coefficient (Wildman–Crippen LogP) is 1.65. The molecule has 3 atom stereocenters. The molecule has 174 valence electrons. The molecule has 0 fully saturated rings. The smallest absolute Gasteiger partial charge is 0.203 e. The Morgan fingerprint density at radius 3 is 2.58 bits per heavy atom. The molecule has 0 radical (unpaired) electrons. The molecule has 0 bridgehead atoms. The van der Waals surface area contributed by atoms with Crippen molar-refractivity contribution in [2.24, 2.45) is 0 Å². The van der Waals surface area contributed by atoms with Gasteiger partial charge in [0.15, 0.2) is 4.64 Å². The van der Waals surface area contributed by atoms with Gasteiger partial charge >= 0.3 is 0 Å². The summed E-state index contributed by atoms with van der Waals surface area (Å²) in [5.41, 5.74) is 1.15. The summed E-state index contributed by atoms with van der Waals surface area (Å²) < 4.78 is 7.76. The van der Waals surface area contributed by atoms with Crippen LogP contribution < -0.4 is 10.6 Å². The van der Waals surface area contributed by atoms with Crippen LogP contribution in [0.15, 0.2) is 6.33 Å². The molecule has 2 heterocycles. The van der Waals surface area contributed by atoms with Crippen molar-refractivity contribution in [2.75, 3.05) is 31.6 Å². The lowest BCUT2D eigenvalue weighted by molar-refractivity contribution is -0.125. The van der Waals surface area contributed by atoms with Gasteiger partial charge in [0.25, 0.3) is 0 Å². The quantitative estimate of drug-likeness (QED) is 0.178. The summed E-state index contributed by atoms with van der Waals surface area (Å²) in [6.45, 7) is 4.35. The van der Waals surface area contributed by atoms with Crippen molar-refractivity contribution in [2.45, 2.75) is 58.0 Å². The number of rotatable bonds is 14. The van der Waals surface area contributed by atoms with E-state index in [9.17, 15) is 10.2 Å². The average Bonchev–Trinajstić information content (AvgIpc) is 3.17. The van der Waals surface area contributed by atoms with Crippen LogP contribution in [0, 0.1) is 4.64 Å². The predicted molar refractivity (Wildman–Crippen MR) is 126 cm³/mol. The number of anilines is 1. The lowest BCUT2D eigenvalue weighted by atomic mass is 10.2. The van der Waals surface area contributed by atoms with Crippen LogP contribution in [-0.4, -0.2) is 78.3 Å². The van der Waals surface area contributed by atoms with Gasteiger partial charge in [-0.05, 0) is 26.7 Å². The number of hydrogen-bond donors (Lipinski definition) is 6. The number of nitrogens with zero attached hydrogens (tertiary/aromatic N) is 3. The summed E-state index contributed by atoms with van der Waals surface area (Å²) in [5.74, 6) is 0.540. The van der Waals surface area contributed by atoms with Crippen LogP contribution in [0.4, 0.5) is 5.95 Å². The molecule has 0 aliphatic heterocycles. The number of imidazole rings is 1. The minimum atomic E-state index is -1.19. The van der Waals surface area contributed by atoms with Gasteiger partial charge in [-0.25, -0.2) is 9.97 Å². The first kappa shape index (κ1) is 25.6. The van der Waals surface area contributed by atoms with Crippen LogP contribution in [0.5, 0.6) is 0 Å². The standard InChI is InChI=1S/C19H32N6O4S2/c1-12(30)20-7-5-3-4-6-8-21-19-23-17-16(18(31)24-19)22-11-25(17)13(2)29-15(10-27)14(28)9-26/h11,13-15,26-28H,3-10H2,1-2H3,(H,20,30)(H2,21,23,24,31)/t13?,14-,15-/m1/s1. The summed E-state index contributed by atoms with van der Waals surface area (Å²) in [4.78, 5) is 12.7. The molecule has 0 saturated carbocycles. The van der Waals surface area contributed by atoms with E-state index in [0.717, 1.165) is 43.8 Å². The first-order valence-electron chi connectivity index (χ1n) is 10.4.